The molecule has 3 amide bonds. The highest BCUT2D eigenvalue weighted by Gasteiger charge is 2.13. The predicted octanol–water partition coefficient (Wildman–Crippen LogP) is 1.96. The van der Waals surface area contributed by atoms with Crippen LogP contribution in [0.25, 0.3) is 0 Å². The summed E-state index contributed by atoms with van der Waals surface area (Å²) < 4.78 is 5.00. The van der Waals surface area contributed by atoms with Crippen molar-refractivity contribution in [2.45, 2.75) is 13.0 Å². The third-order valence-corrected chi connectivity index (χ3v) is 4.44. The molecular weight excluding hydrogens is 380 g/mol. The van der Waals surface area contributed by atoms with E-state index in [-0.39, 0.29) is 30.5 Å². The number of nitrogens with zero attached hydrogens (tertiary/aromatic N) is 1. The van der Waals surface area contributed by atoms with Crippen LogP contribution in [0.1, 0.15) is 21.8 Å². The van der Waals surface area contributed by atoms with Crippen LogP contribution in [0.3, 0.4) is 0 Å². The number of carbonyl (C=O) groups excluding carboxylic acids is 3. The molecule has 3 rings (SSSR count). The number of hydrogen-bond donors (Lipinski definition) is 3. The van der Waals surface area contributed by atoms with E-state index in [0.717, 1.165) is 5.56 Å². The molecule has 0 radical (unpaired) electrons. The van der Waals surface area contributed by atoms with Gasteiger partial charge in [0.2, 0.25) is 11.8 Å². The van der Waals surface area contributed by atoms with Gasteiger partial charge < -0.3 is 15.1 Å². The molecule has 28 heavy (non-hydrogen) atoms. The van der Waals surface area contributed by atoms with Gasteiger partial charge in [0.1, 0.15) is 0 Å². The lowest BCUT2D eigenvalue weighted by molar-refractivity contribution is -0.125. The maximum Gasteiger partial charge on any atom is 0.293 e. The van der Waals surface area contributed by atoms with Crippen molar-refractivity contribution in [3.63, 3.8) is 0 Å². The van der Waals surface area contributed by atoms with Gasteiger partial charge in [-0.3, -0.25) is 19.7 Å². The molecule has 3 N–H and O–H groups in total. The molecule has 3 aromatic rings. The van der Waals surface area contributed by atoms with E-state index in [1.807, 2.05) is 30.3 Å². The summed E-state index contributed by atoms with van der Waals surface area (Å²) in [7, 11) is 0. The van der Waals surface area contributed by atoms with Crippen molar-refractivity contribution in [3.05, 3.63) is 71.1 Å². The van der Waals surface area contributed by atoms with Gasteiger partial charge in [-0.1, -0.05) is 30.3 Å². The highest BCUT2D eigenvalue weighted by molar-refractivity contribution is 7.14. The second kappa shape index (κ2) is 9.47. The summed E-state index contributed by atoms with van der Waals surface area (Å²) in [6.07, 6.45) is 1.42. The van der Waals surface area contributed by atoms with Crippen molar-refractivity contribution >= 4 is 34.2 Å². The summed E-state index contributed by atoms with van der Waals surface area (Å²) in [6, 6.07) is 12.7. The van der Waals surface area contributed by atoms with Crippen LogP contribution in [0.2, 0.25) is 0 Å². The van der Waals surface area contributed by atoms with E-state index in [9.17, 15) is 14.4 Å². The van der Waals surface area contributed by atoms with Gasteiger partial charge in [0, 0.05) is 11.9 Å². The topological polar surface area (TPSA) is 113 Å². The fourth-order valence-electron chi connectivity index (χ4n) is 2.28. The third-order valence-electron chi connectivity index (χ3n) is 3.64. The first-order valence-electron chi connectivity index (χ1n) is 8.47. The quantitative estimate of drug-likeness (QED) is 0.537. The predicted molar refractivity (Wildman–Crippen MR) is 104 cm³/mol. The van der Waals surface area contributed by atoms with Crippen LogP contribution < -0.4 is 16.0 Å². The Morgan fingerprint density at radius 3 is 2.57 bits per heavy atom. The first-order chi connectivity index (χ1) is 13.6. The number of furan rings is 1. The molecule has 2 aromatic heterocycles. The number of benzene rings is 1. The molecule has 0 spiro atoms. The molecule has 8 nitrogen and oxygen atoms in total. The largest absolute Gasteiger partial charge is 0.459 e. The second-order valence-electron chi connectivity index (χ2n) is 5.79. The normalized spacial score (nSPS) is 10.3. The van der Waals surface area contributed by atoms with Gasteiger partial charge in [-0.25, -0.2) is 4.98 Å². The Morgan fingerprint density at radius 2 is 1.82 bits per heavy atom. The third kappa shape index (κ3) is 5.78. The van der Waals surface area contributed by atoms with Crippen LogP contribution in [0.4, 0.5) is 5.13 Å². The minimum Gasteiger partial charge on any atom is -0.459 e. The first-order valence-corrected chi connectivity index (χ1v) is 9.34. The lowest BCUT2D eigenvalue weighted by Crippen LogP contribution is -2.37. The molecule has 0 atom stereocenters. The molecule has 9 heteroatoms. The summed E-state index contributed by atoms with van der Waals surface area (Å²) in [5.74, 6) is -0.840. The van der Waals surface area contributed by atoms with E-state index in [4.69, 9.17) is 4.42 Å². The minimum atomic E-state index is -0.412. The number of nitrogens with one attached hydrogen (secondary N) is 3. The van der Waals surface area contributed by atoms with E-state index >= 15 is 0 Å². The maximum atomic E-state index is 12.0. The molecule has 1 aromatic carbocycles. The Balaban J connectivity index is 1.39. The lowest BCUT2D eigenvalue weighted by atomic mass is 10.2. The number of aromatic nitrogens is 1. The number of carbonyl (C=O) groups is 3. The molecule has 0 saturated carbocycles. The Morgan fingerprint density at radius 1 is 1.00 bits per heavy atom. The van der Waals surface area contributed by atoms with Crippen molar-refractivity contribution in [1.82, 2.24) is 15.6 Å². The van der Waals surface area contributed by atoms with Crippen LogP contribution in [-0.4, -0.2) is 29.3 Å². The van der Waals surface area contributed by atoms with Crippen molar-refractivity contribution in [2.24, 2.45) is 0 Å². The minimum absolute atomic E-state index is 0.0130. The number of rotatable bonds is 8. The summed E-state index contributed by atoms with van der Waals surface area (Å²) >= 11 is 1.20. The van der Waals surface area contributed by atoms with Gasteiger partial charge in [-0.05, 0) is 17.7 Å². The summed E-state index contributed by atoms with van der Waals surface area (Å²) in [5.41, 5.74) is 1.48. The van der Waals surface area contributed by atoms with Crippen molar-refractivity contribution in [3.8, 4) is 0 Å². The highest BCUT2D eigenvalue weighted by atomic mass is 32.1. The van der Waals surface area contributed by atoms with E-state index in [1.54, 1.807) is 17.5 Å². The van der Waals surface area contributed by atoms with Crippen molar-refractivity contribution in [2.75, 3.05) is 11.9 Å². The average molecular weight is 398 g/mol. The molecule has 0 saturated heterocycles. The molecule has 0 unspecified atom stereocenters. The second-order valence-corrected chi connectivity index (χ2v) is 6.65. The summed E-state index contributed by atoms with van der Waals surface area (Å²) in [5, 5.41) is 9.92. The standard InChI is InChI=1S/C19H18N4O4S/c24-16(21-11-17(25)20-10-13-5-2-1-3-6-13)9-14-12-28-19(22-14)23-18(26)15-7-4-8-27-15/h1-8,12H,9-11H2,(H,20,25)(H,21,24)(H,22,23,26). The molecule has 0 bridgehead atoms. The van der Waals surface area contributed by atoms with Gasteiger partial charge in [-0.15, -0.1) is 11.3 Å². The average Bonchev–Trinajstić information content (AvgIpc) is 3.38. The van der Waals surface area contributed by atoms with Crippen LogP contribution in [0.15, 0.2) is 58.5 Å². The Hall–Kier alpha value is -3.46. The molecule has 0 fully saturated rings. The fourth-order valence-corrected chi connectivity index (χ4v) is 2.98. The molecule has 144 valence electrons. The van der Waals surface area contributed by atoms with E-state index < -0.39 is 5.91 Å². The Labute approximate surface area is 165 Å². The molecule has 2 heterocycles. The zero-order chi connectivity index (χ0) is 19.8. The van der Waals surface area contributed by atoms with Crippen molar-refractivity contribution < 1.29 is 18.8 Å². The van der Waals surface area contributed by atoms with E-state index in [1.165, 1.54) is 17.6 Å². The smallest absolute Gasteiger partial charge is 0.293 e. The van der Waals surface area contributed by atoms with Gasteiger partial charge in [0.25, 0.3) is 5.91 Å². The van der Waals surface area contributed by atoms with Gasteiger partial charge in [0.05, 0.1) is 24.9 Å². The zero-order valence-electron chi connectivity index (χ0n) is 14.8. The monoisotopic (exact) mass is 398 g/mol. The van der Waals surface area contributed by atoms with E-state index in [0.29, 0.717) is 17.4 Å². The Kier molecular flexibility index (Phi) is 6.53. The van der Waals surface area contributed by atoms with Gasteiger partial charge in [-0.2, -0.15) is 0 Å². The maximum absolute atomic E-state index is 12.0. The highest BCUT2D eigenvalue weighted by Crippen LogP contribution is 2.17. The molecular formula is C19H18N4O4S. The summed E-state index contributed by atoms with van der Waals surface area (Å²) in [6.45, 7) is 0.290. The Bertz CT molecular complexity index is 938. The molecule has 0 aliphatic heterocycles. The van der Waals surface area contributed by atoms with Crippen LogP contribution >= 0.6 is 11.3 Å². The molecule has 0 aliphatic carbocycles. The van der Waals surface area contributed by atoms with Crippen LogP contribution in [0.5, 0.6) is 0 Å². The summed E-state index contributed by atoms with van der Waals surface area (Å²) in [4.78, 5) is 39.9. The van der Waals surface area contributed by atoms with E-state index in [2.05, 4.69) is 20.9 Å². The van der Waals surface area contributed by atoms with Gasteiger partial charge >= 0.3 is 0 Å². The number of amides is 3. The lowest BCUT2D eigenvalue weighted by Gasteiger charge is -2.06. The van der Waals surface area contributed by atoms with Gasteiger partial charge in [0.15, 0.2) is 10.9 Å². The number of hydrogen-bond acceptors (Lipinski definition) is 6. The SMILES string of the molecule is O=C(CNC(=O)Cc1csc(NC(=O)c2ccco2)n1)NCc1ccccc1. The zero-order valence-corrected chi connectivity index (χ0v) is 15.6. The fraction of sp³-hybridized carbons (Fsp3) is 0.158. The van der Waals surface area contributed by atoms with Crippen molar-refractivity contribution in [1.29, 1.82) is 0 Å². The number of thiazole rings is 1. The number of anilines is 1. The first kappa shape index (κ1) is 19.3. The molecule has 0 aliphatic rings. The van der Waals surface area contributed by atoms with Crippen LogP contribution in [0, 0.1) is 0 Å². The van der Waals surface area contributed by atoms with Crippen LogP contribution in [-0.2, 0) is 22.6 Å².